The molecule has 0 aliphatic carbocycles. The summed E-state index contributed by atoms with van der Waals surface area (Å²) in [5, 5.41) is 0. The number of rotatable bonds is 3. The molecule has 1 fully saturated rings. The van der Waals surface area contributed by atoms with E-state index in [1.54, 1.807) is 6.20 Å². The normalized spacial score (nSPS) is 25.1. The SMILES string of the molecule is CC1CN(Cc2ccnc(C(N)=S)c2)CC1C. The van der Waals surface area contributed by atoms with Crippen LogP contribution in [-0.4, -0.2) is 28.0 Å². The zero-order valence-corrected chi connectivity index (χ0v) is 11.2. The van der Waals surface area contributed by atoms with E-state index in [1.165, 1.54) is 18.7 Å². The molecule has 0 spiro atoms. The van der Waals surface area contributed by atoms with Crippen LogP contribution >= 0.6 is 12.2 Å². The van der Waals surface area contributed by atoms with Crippen molar-refractivity contribution in [3.63, 3.8) is 0 Å². The minimum atomic E-state index is 0.370. The number of nitrogens with zero attached hydrogens (tertiary/aromatic N) is 2. The predicted molar refractivity (Wildman–Crippen MR) is 73.7 cm³/mol. The molecular formula is C13H19N3S. The summed E-state index contributed by atoms with van der Waals surface area (Å²) in [4.78, 5) is 7.01. The highest BCUT2D eigenvalue weighted by Crippen LogP contribution is 2.23. The van der Waals surface area contributed by atoms with E-state index in [9.17, 15) is 0 Å². The topological polar surface area (TPSA) is 42.2 Å². The van der Waals surface area contributed by atoms with Crippen molar-refractivity contribution >= 4 is 17.2 Å². The van der Waals surface area contributed by atoms with Gasteiger partial charge in [0.1, 0.15) is 4.99 Å². The third kappa shape index (κ3) is 3.01. The van der Waals surface area contributed by atoms with E-state index < -0.39 is 0 Å². The van der Waals surface area contributed by atoms with Crippen LogP contribution in [0.15, 0.2) is 18.3 Å². The molecule has 2 unspecified atom stereocenters. The molecule has 4 heteroatoms. The molecule has 17 heavy (non-hydrogen) atoms. The lowest BCUT2D eigenvalue weighted by Gasteiger charge is -2.15. The summed E-state index contributed by atoms with van der Waals surface area (Å²) in [6.45, 7) is 7.94. The quantitative estimate of drug-likeness (QED) is 0.830. The Labute approximate surface area is 108 Å². The first-order valence-corrected chi connectivity index (χ1v) is 6.44. The number of pyridine rings is 1. The first-order valence-electron chi connectivity index (χ1n) is 6.03. The number of likely N-dealkylation sites (tertiary alicyclic amines) is 1. The Morgan fingerprint density at radius 2 is 2.12 bits per heavy atom. The molecule has 1 aliphatic rings. The van der Waals surface area contributed by atoms with Gasteiger partial charge in [-0.1, -0.05) is 26.1 Å². The maximum absolute atomic E-state index is 5.59. The van der Waals surface area contributed by atoms with Gasteiger partial charge < -0.3 is 5.73 Å². The van der Waals surface area contributed by atoms with E-state index >= 15 is 0 Å². The van der Waals surface area contributed by atoms with Gasteiger partial charge in [-0.15, -0.1) is 0 Å². The van der Waals surface area contributed by atoms with Crippen LogP contribution in [0.25, 0.3) is 0 Å². The number of hydrogen-bond donors (Lipinski definition) is 1. The van der Waals surface area contributed by atoms with Crippen molar-refractivity contribution in [3.05, 3.63) is 29.6 Å². The fourth-order valence-corrected chi connectivity index (χ4v) is 2.46. The first kappa shape index (κ1) is 12.5. The van der Waals surface area contributed by atoms with Crippen LogP contribution in [0, 0.1) is 11.8 Å². The molecule has 1 aromatic heterocycles. The summed E-state index contributed by atoms with van der Waals surface area (Å²) in [6.07, 6.45) is 1.78. The number of thiocarbonyl (C=S) groups is 1. The van der Waals surface area contributed by atoms with E-state index in [-0.39, 0.29) is 0 Å². The van der Waals surface area contributed by atoms with Gasteiger partial charge in [-0.3, -0.25) is 9.88 Å². The lowest BCUT2D eigenvalue weighted by molar-refractivity contribution is 0.316. The Hall–Kier alpha value is -1.00. The van der Waals surface area contributed by atoms with Gasteiger partial charge in [-0.25, -0.2) is 0 Å². The van der Waals surface area contributed by atoms with Crippen LogP contribution in [-0.2, 0) is 6.54 Å². The molecule has 0 radical (unpaired) electrons. The van der Waals surface area contributed by atoms with Gasteiger partial charge >= 0.3 is 0 Å². The second kappa shape index (κ2) is 5.10. The van der Waals surface area contributed by atoms with E-state index in [2.05, 4.69) is 23.7 Å². The molecular weight excluding hydrogens is 230 g/mol. The molecule has 0 aromatic carbocycles. The summed E-state index contributed by atoms with van der Waals surface area (Å²) in [5.74, 6) is 1.57. The number of aromatic nitrogens is 1. The molecule has 0 amide bonds. The smallest absolute Gasteiger partial charge is 0.122 e. The molecule has 3 nitrogen and oxygen atoms in total. The van der Waals surface area contributed by atoms with E-state index in [1.807, 2.05) is 12.1 Å². The van der Waals surface area contributed by atoms with E-state index in [4.69, 9.17) is 18.0 Å². The average molecular weight is 249 g/mol. The van der Waals surface area contributed by atoms with Gasteiger partial charge in [0, 0.05) is 25.8 Å². The van der Waals surface area contributed by atoms with Crippen LogP contribution in [0.2, 0.25) is 0 Å². The summed E-state index contributed by atoms with van der Waals surface area (Å²) >= 11 is 4.94. The molecule has 0 bridgehead atoms. The molecule has 0 saturated carbocycles. The molecule has 2 atom stereocenters. The minimum Gasteiger partial charge on any atom is -0.388 e. The van der Waals surface area contributed by atoms with Gasteiger partial charge in [0.05, 0.1) is 5.69 Å². The van der Waals surface area contributed by atoms with Crippen molar-refractivity contribution in [2.45, 2.75) is 20.4 Å². The maximum Gasteiger partial charge on any atom is 0.122 e. The highest BCUT2D eigenvalue weighted by molar-refractivity contribution is 7.80. The lowest BCUT2D eigenvalue weighted by atomic mass is 10.0. The zero-order chi connectivity index (χ0) is 12.4. The van der Waals surface area contributed by atoms with E-state index in [0.717, 1.165) is 24.1 Å². The van der Waals surface area contributed by atoms with Crippen LogP contribution in [0.3, 0.4) is 0 Å². The minimum absolute atomic E-state index is 0.370. The number of nitrogens with two attached hydrogens (primary N) is 1. The van der Waals surface area contributed by atoms with Gasteiger partial charge in [0.2, 0.25) is 0 Å². The first-order chi connectivity index (χ1) is 8.06. The summed E-state index contributed by atoms with van der Waals surface area (Å²) in [5.41, 5.74) is 7.55. The predicted octanol–water partition coefficient (Wildman–Crippen LogP) is 1.80. The fraction of sp³-hybridized carbons (Fsp3) is 0.538. The van der Waals surface area contributed by atoms with E-state index in [0.29, 0.717) is 4.99 Å². The van der Waals surface area contributed by atoms with Gasteiger partial charge in [-0.05, 0) is 29.5 Å². The molecule has 2 rings (SSSR count). The van der Waals surface area contributed by atoms with Crippen molar-refractivity contribution in [1.29, 1.82) is 0 Å². The highest BCUT2D eigenvalue weighted by atomic mass is 32.1. The van der Waals surface area contributed by atoms with Crippen molar-refractivity contribution in [2.24, 2.45) is 17.6 Å². The Kier molecular flexibility index (Phi) is 3.74. The van der Waals surface area contributed by atoms with Crippen molar-refractivity contribution in [2.75, 3.05) is 13.1 Å². The van der Waals surface area contributed by atoms with Crippen LogP contribution in [0.1, 0.15) is 25.1 Å². The second-order valence-corrected chi connectivity index (χ2v) is 5.50. The van der Waals surface area contributed by atoms with Gasteiger partial charge in [0.25, 0.3) is 0 Å². The second-order valence-electron chi connectivity index (χ2n) is 5.06. The molecule has 2 heterocycles. The average Bonchev–Trinajstić information content (AvgIpc) is 2.58. The molecule has 1 aliphatic heterocycles. The molecule has 1 saturated heterocycles. The molecule has 1 aromatic rings. The third-order valence-electron chi connectivity index (χ3n) is 3.55. The standard InChI is InChI=1S/C13H19N3S/c1-9-6-16(7-10(9)2)8-11-3-4-15-12(5-11)13(14)17/h3-5,9-10H,6-8H2,1-2H3,(H2,14,17). The van der Waals surface area contributed by atoms with Crippen molar-refractivity contribution in [3.8, 4) is 0 Å². The van der Waals surface area contributed by atoms with Crippen molar-refractivity contribution < 1.29 is 0 Å². The monoisotopic (exact) mass is 249 g/mol. The van der Waals surface area contributed by atoms with Crippen LogP contribution in [0.4, 0.5) is 0 Å². The third-order valence-corrected chi connectivity index (χ3v) is 3.76. The van der Waals surface area contributed by atoms with Gasteiger partial charge in [0.15, 0.2) is 0 Å². The van der Waals surface area contributed by atoms with Gasteiger partial charge in [-0.2, -0.15) is 0 Å². The van der Waals surface area contributed by atoms with Crippen molar-refractivity contribution in [1.82, 2.24) is 9.88 Å². The summed E-state index contributed by atoms with van der Waals surface area (Å²) < 4.78 is 0. The lowest BCUT2D eigenvalue weighted by Crippen LogP contribution is -2.20. The molecule has 2 N–H and O–H groups in total. The molecule has 92 valence electrons. The Morgan fingerprint density at radius 3 is 2.71 bits per heavy atom. The van der Waals surface area contributed by atoms with Crippen LogP contribution < -0.4 is 5.73 Å². The largest absolute Gasteiger partial charge is 0.388 e. The van der Waals surface area contributed by atoms with Crippen LogP contribution in [0.5, 0.6) is 0 Å². The summed E-state index contributed by atoms with van der Waals surface area (Å²) in [6, 6.07) is 4.03. The Balaban J connectivity index is 2.04. The fourth-order valence-electron chi connectivity index (χ4n) is 2.34. The zero-order valence-electron chi connectivity index (χ0n) is 10.4. The Morgan fingerprint density at radius 1 is 1.47 bits per heavy atom. The highest BCUT2D eigenvalue weighted by Gasteiger charge is 2.25. The Bertz CT molecular complexity index is 409. The number of hydrogen-bond acceptors (Lipinski definition) is 3. The summed E-state index contributed by atoms with van der Waals surface area (Å²) in [7, 11) is 0. The maximum atomic E-state index is 5.59.